The molecule has 4 rings (SSSR count). The molecule has 2 aromatic carbocycles. The smallest absolute Gasteiger partial charge is 0.338 e. The number of thioether (sulfide) groups is 1. The van der Waals surface area contributed by atoms with Gasteiger partial charge in [-0.1, -0.05) is 61.0 Å². The summed E-state index contributed by atoms with van der Waals surface area (Å²) in [6.07, 6.45) is 2.19. The third-order valence-electron chi connectivity index (χ3n) is 6.07. The van der Waals surface area contributed by atoms with Crippen molar-refractivity contribution in [1.29, 1.82) is 0 Å². The molecule has 1 aromatic heterocycles. The summed E-state index contributed by atoms with van der Waals surface area (Å²) in [5.74, 6) is 2.34. The van der Waals surface area contributed by atoms with Crippen molar-refractivity contribution in [1.82, 2.24) is 14.8 Å². The van der Waals surface area contributed by atoms with Crippen molar-refractivity contribution in [2.24, 2.45) is 0 Å². The van der Waals surface area contributed by atoms with Crippen LogP contribution in [0.5, 0.6) is 11.5 Å². The fourth-order valence-electron chi connectivity index (χ4n) is 4.11. The van der Waals surface area contributed by atoms with Gasteiger partial charge in [0.25, 0.3) is 0 Å². The topological polar surface area (TPSA) is 87.5 Å². The number of ether oxygens (including phenoxy) is 3. The molecule has 9 heteroatoms. The van der Waals surface area contributed by atoms with Gasteiger partial charge in [0, 0.05) is 11.4 Å². The van der Waals surface area contributed by atoms with Crippen LogP contribution >= 0.6 is 11.8 Å². The molecular formula is C28H34N4O4S. The van der Waals surface area contributed by atoms with Gasteiger partial charge >= 0.3 is 5.97 Å². The summed E-state index contributed by atoms with van der Waals surface area (Å²) >= 11 is 1.61. The standard InChI is InChI=1S/C28H34N4O4S/c1-6-8-15-37-28-30-27-29-19(4)24(26(33)34-5)25(32(27)31-28)21-13-14-22(23(16-21)35-7-2)36-17-20-11-9-18(3)10-12-20/h9-14,16,25H,6-8,15,17H2,1-5H3,(H,29,30,31). The number of aryl methyl sites for hydroxylation is 1. The molecule has 196 valence electrons. The van der Waals surface area contributed by atoms with Gasteiger partial charge in [0.05, 0.1) is 19.3 Å². The Labute approximate surface area is 222 Å². The quantitative estimate of drug-likeness (QED) is 0.189. The number of anilines is 1. The molecule has 0 aliphatic carbocycles. The Bertz CT molecular complexity index is 1270. The lowest BCUT2D eigenvalue weighted by Crippen LogP contribution is -2.29. The van der Waals surface area contributed by atoms with E-state index in [1.165, 1.54) is 12.7 Å². The number of methoxy groups -OCH3 is 1. The number of carbonyl (C=O) groups is 1. The number of carbonyl (C=O) groups excluding carboxylic acids is 1. The predicted molar refractivity (Wildman–Crippen MR) is 145 cm³/mol. The number of nitrogens with zero attached hydrogens (tertiary/aromatic N) is 3. The van der Waals surface area contributed by atoms with Gasteiger partial charge < -0.3 is 19.5 Å². The largest absolute Gasteiger partial charge is 0.490 e. The van der Waals surface area contributed by atoms with Gasteiger partial charge in [-0.3, -0.25) is 0 Å². The number of unbranched alkanes of at least 4 members (excludes halogenated alkanes) is 1. The maximum absolute atomic E-state index is 12.9. The highest BCUT2D eigenvalue weighted by Gasteiger charge is 2.35. The minimum absolute atomic E-state index is 0.422. The highest BCUT2D eigenvalue weighted by atomic mass is 32.2. The van der Waals surface area contributed by atoms with Gasteiger partial charge in [-0.15, -0.1) is 5.10 Å². The first-order chi connectivity index (χ1) is 17.9. The zero-order valence-electron chi connectivity index (χ0n) is 22.0. The maximum Gasteiger partial charge on any atom is 0.338 e. The molecule has 0 fully saturated rings. The van der Waals surface area contributed by atoms with Gasteiger partial charge in [-0.25, -0.2) is 9.48 Å². The number of nitrogens with one attached hydrogen (secondary N) is 1. The summed E-state index contributed by atoms with van der Waals surface area (Å²) in [6.45, 7) is 8.89. The van der Waals surface area contributed by atoms with Crippen LogP contribution in [-0.2, 0) is 16.1 Å². The van der Waals surface area contributed by atoms with E-state index in [0.29, 0.717) is 47.1 Å². The molecule has 0 spiro atoms. The number of rotatable bonds is 11. The summed E-state index contributed by atoms with van der Waals surface area (Å²) < 4.78 is 19.0. The molecule has 0 bridgehead atoms. The van der Waals surface area contributed by atoms with E-state index in [-0.39, 0.29) is 0 Å². The van der Waals surface area contributed by atoms with Gasteiger partial charge in [-0.05, 0) is 50.5 Å². The number of hydrogen-bond donors (Lipinski definition) is 1. The van der Waals surface area contributed by atoms with E-state index in [0.717, 1.165) is 29.7 Å². The van der Waals surface area contributed by atoms with Crippen molar-refractivity contribution in [2.75, 3.05) is 24.8 Å². The highest BCUT2D eigenvalue weighted by molar-refractivity contribution is 7.99. The number of hydrogen-bond acceptors (Lipinski definition) is 8. The minimum atomic E-state index is -0.526. The van der Waals surface area contributed by atoms with Crippen LogP contribution in [0.2, 0.25) is 0 Å². The Hall–Kier alpha value is -3.46. The van der Waals surface area contributed by atoms with Crippen LogP contribution in [0, 0.1) is 6.92 Å². The molecule has 1 aliphatic rings. The van der Waals surface area contributed by atoms with E-state index in [1.807, 2.05) is 32.0 Å². The average molecular weight is 523 g/mol. The van der Waals surface area contributed by atoms with Crippen LogP contribution in [0.25, 0.3) is 0 Å². The fourth-order valence-corrected chi connectivity index (χ4v) is 5.02. The molecule has 1 atom stereocenters. The third-order valence-corrected chi connectivity index (χ3v) is 6.99. The summed E-state index contributed by atoms with van der Waals surface area (Å²) in [6, 6.07) is 13.4. The number of aromatic nitrogens is 3. The Morgan fingerprint density at radius 2 is 1.86 bits per heavy atom. The summed E-state index contributed by atoms with van der Waals surface area (Å²) in [7, 11) is 1.39. The van der Waals surface area contributed by atoms with Crippen molar-refractivity contribution >= 4 is 23.7 Å². The van der Waals surface area contributed by atoms with Gasteiger partial charge in [0.1, 0.15) is 12.6 Å². The normalized spacial score (nSPS) is 14.7. The van der Waals surface area contributed by atoms with Crippen molar-refractivity contribution in [3.63, 3.8) is 0 Å². The van der Waals surface area contributed by atoms with E-state index in [2.05, 4.69) is 48.4 Å². The van der Waals surface area contributed by atoms with Crippen LogP contribution in [-0.4, -0.2) is 40.2 Å². The molecule has 1 aliphatic heterocycles. The lowest BCUT2D eigenvalue weighted by Gasteiger charge is -2.28. The molecule has 2 heterocycles. The van der Waals surface area contributed by atoms with Crippen molar-refractivity contribution in [3.8, 4) is 11.5 Å². The average Bonchev–Trinajstić information content (AvgIpc) is 3.30. The SMILES string of the molecule is CCCCSc1nc2n(n1)C(c1ccc(OCc3ccc(C)cc3)c(OCC)c1)C(C(=O)OC)=C(C)N2. The third kappa shape index (κ3) is 6.10. The van der Waals surface area contributed by atoms with Crippen molar-refractivity contribution in [2.45, 2.75) is 58.3 Å². The number of allylic oxidation sites excluding steroid dienone is 1. The summed E-state index contributed by atoms with van der Waals surface area (Å²) in [5.41, 5.74) is 4.25. The Morgan fingerprint density at radius 1 is 1.08 bits per heavy atom. The van der Waals surface area contributed by atoms with E-state index >= 15 is 0 Å². The van der Waals surface area contributed by atoms with E-state index in [4.69, 9.17) is 19.3 Å². The van der Waals surface area contributed by atoms with Gasteiger partial charge in [0.2, 0.25) is 11.1 Å². The molecular weight excluding hydrogens is 488 g/mol. The second kappa shape index (κ2) is 12.2. The Morgan fingerprint density at radius 3 is 2.57 bits per heavy atom. The van der Waals surface area contributed by atoms with Crippen LogP contribution < -0.4 is 14.8 Å². The first-order valence-electron chi connectivity index (χ1n) is 12.6. The second-order valence-electron chi connectivity index (χ2n) is 8.84. The minimum Gasteiger partial charge on any atom is -0.490 e. The predicted octanol–water partition coefficient (Wildman–Crippen LogP) is 5.92. The Kier molecular flexibility index (Phi) is 8.76. The molecule has 1 unspecified atom stereocenters. The molecule has 3 aromatic rings. The maximum atomic E-state index is 12.9. The fraction of sp³-hybridized carbons (Fsp3) is 0.393. The van der Waals surface area contributed by atoms with E-state index in [9.17, 15) is 4.79 Å². The monoisotopic (exact) mass is 522 g/mol. The summed E-state index contributed by atoms with van der Waals surface area (Å²) in [4.78, 5) is 17.6. The van der Waals surface area contributed by atoms with E-state index in [1.54, 1.807) is 16.4 Å². The molecule has 1 N–H and O–H groups in total. The zero-order chi connectivity index (χ0) is 26.4. The van der Waals surface area contributed by atoms with Crippen molar-refractivity contribution in [3.05, 3.63) is 70.4 Å². The molecule has 8 nitrogen and oxygen atoms in total. The number of benzene rings is 2. The highest BCUT2D eigenvalue weighted by Crippen LogP contribution is 2.40. The van der Waals surface area contributed by atoms with Crippen LogP contribution in [0.3, 0.4) is 0 Å². The molecule has 0 radical (unpaired) electrons. The second-order valence-corrected chi connectivity index (χ2v) is 9.90. The van der Waals surface area contributed by atoms with Crippen molar-refractivity contribution < 1.29 is 19.0 Å². The lowest BCUT2D eigenvalue weighted by atomic mass is 9.95. The zero-order valence-corrected chi connectivity index (χ0v) is 22.9. The van der Waals surface area contributed by atoms with Crippen LogP contribution in [0.15, 0.2) is 58.9 Å². The summed E-state index contributed by atoms with van der Waals surface area (Å²) in [5, 5.41) is 8.65. The van der Waals surface area contributed by atoms with Gasteiger partial charge in [0.15, 0.2) is 11.5 Å². The molecule has 0 saturated carbocycles. The van der Waals surface area contributed by atoms with Gasteiger partial charge in [-0.2, -0.15) is 4.98 Å². The molecule has 0 saturated heterocycles. The molecule has 0 amide bonds. The molecule has 37 heavy (non-hydrogen) atoms. The Balaban J connectivity index is 1.69. The first kappa shape index (κ1) is 26.6. The van der Waals surface area contributed by atoms with Crippen LogP contribution in [0.1, 0.15) is 56.3 Å². The van der Waals surface area contributed by atoms with E-state index < -0.39 is 12.0 Å². The lowest BCUT2D eigenvalue weighted by molar-refractivity contribution is -0.136. The first-order valence-corrected chi connectivity index (χ1v) is 13.5. The van der Waals surface area contributed by atoms with Crippen LogP contribution in [0.4, 0.5) is 5.95 Å². The number of fused-ring (bicyclic) bond motifs is 1. The number of esters is 1.